The summed E-state index contributed by atoms with van der Waals surface area (Å²) in [6.45, 7) is 2.91. The molecule has 0 spiro atoms. The fourth-order valence-corrected chi connectivity index (χ4v) is 4.48. The van der Waals surface area contributed by atoms with Gasteiger partial charge in [0.15, 0.2) is 0 Å². The van der Waals surface area contributed by atoms with Crippen LogP contribution >= 0.6 is 11.8 Å². The molecule has 1 atom stereocenters. The van der Waals surface area contributed by atoms with E-state index in [2.05, 4.69) is 58.1 Å². The average molecular weight is 365 g/mol. The molecule has 1 aromatic heterocycles. The summed E-state index contributed by atoms with van der Waals surface area (Å²) in [5.74, 6) is 1.97. The molecule has 0 bridgehead atoms. The van der Waals surface area contributed by atoms with Crippen LogP contribution in [0.2, 0.25) is 0 Å². The lowest BCUT2D eigenvalue weighted by Crippen LogP contribution is -2.12. The first-order valence-corrected chi connectivity index (χ1v) is 10.2. The molecule has 0 amide bonds. The minimum absolute atomic E-state index is 0.263. The van der Waals surface area contributed by atoms with Crippen LogP contribution in [0.15, 0.2) is 65.8 Å². The van der Waals surface area contributed by atoms with Crippen LogP contribution in [0.25, 0.3) is 5.69 Å². The van der Waals surface area contributed by atoms with Gasteiger partial charge < -0.3 is 9.30 Å². The van der Waals surface area contributed by atoms with Gasteiger partial charge in [0.2, 0.25) is 0 Å². The van der Waals surface area contributed by atoms with Gasteiger partial charge in [-0.3, -0.25) is 0 Å². The van der Waals surface area contributed by atoms with Crippen molar-refractivity contribution in [3.8, 4) is 5.69 Å². The van der Waals surface area contributed by atoms with E-state index in [0.717, 1.165) is 30.3 Å². The monoisotopic (exact) mass is 364 g/mol. The minimum atomic E-state index is 0.263. The molecular weight excluding hydrogens is 340 g/mol. The molecule has 0 N–H and O–H groups in total. The molecule has 3 nitrogen and oxygen atoms in total. The van der Waals surface area contributed by atoms with Gasteiger partial charge in [-0.05, 0) is 55.5 Å². The Morgan fingerprint density at radius 2 is 1.96 bits per heavy atom. The van der Waals surface area contributed by atoms with Gasteiger partial charge in [-0.1, -0.05) is 30.3 Å². The van der Waals surface area contributed by atoms with Gasteiger partial charge in [0.25, 0.3) is 0 Å². The Bertz CT molecular complexity index is 851. The van der Waals surface area contributed by atoms with E-state index < -0.39 is 0 Å². The molecule has 1 fully saturated rings. The summed E-state index contributed by atoms with van der Waals surface area (Å²) in [5.41, 5.74) is 3.84. The second-order valence-corrected chi connectivity index (χ2v) is 7.71. The number of imidazole rings is 1. The zero-order valence-electron chi connectivity index (χ0n) is 15.1. The summed E-state index contributed by atoms with van der Waals surface area (Å²) >= 11 is 1.90. The first-order valence-electron chi connectivity index (χ1n) is 9.24. The molecule has 0 aliphatic carbocycles. The molecule has 1 unspecified atom stereocenters. The molecule has 134 valence electrons. The number of hydrogen-bond acceptors (Lipinski definition) is 3. The standard InChI is InChI=1S/C22H24N2OS/c1-17-23-13-14-24(17)19-11-9-18(10-12-19)16-26-22-8-3-2-6-20(22)21-7-4-5-15-25-21/h2-3,6,8-14,21H,4-5,7,15-16H2,1H3. The Morgan fingerprint density at radius 3 is 2.69 bits per heavy atom. The van der Waals surface area contributed by atoms with Crippen LogP contribution in [0.3, 0.4) is 0 Å². The van der Waals surface area contributed by atoms with Crippen molar-refractivity contribution in [2.45, 2.75) is 42.9 Å². The number of hydrogen-bond donors (Lipinski definition) is 0. The van der Waals surface area contributed by atoms with Crippen molar-refractivity contribution in [1.82, 2.24) is 9.55 Å². The van der Waals surface area contributed by atoms with E-state index in [-0.39, 0.29) is 6.10 Å². The van der Waals surface area contributed by atoms with Gasteiger partial charge in [-0.15, -0.1) is 11.8 Å². The second-order valence-electron chi connectivity index (χ2n) is 6.69. The minimum Gasteiger partial charge on any atom is -0.373 e. The van der Waals surface area contributed by atoms with Crippen molar-refractivity contribution in [3.63, 3.8) is 0 Å². The van der Waals surface area contributed by atoms with Crippen molar-refractivity contribution in [2.24, 2.45) is 0 Å². The third-order valence-corrected chi connectivity index (χ3v) is 6.04. The fraction of sp³-hybridized carbons (Fsp3) is 0.318. The molecule has 4 heteroatoms. The highest BCUT2D eigenvalue weighted by Gasteiger charge is 2.18. The van der Waals surface area contributed by atoms with Gasteiger partial charge in [-0.25, -0.2) is 4.98 Å². The summed E-state index contributed by atoms with van der Waals surface area (Å²) in [6, 6.07) is 17.5. The number of aryl methyl sites for hydroxylation is 1. The van der Waals surface area contributed by atoms with E-state index in [1.165, 1.54) is 28.9 Å². The summed E-state index contributed by atoms with van der Waals surface area (Å²) < 4.78 is 8.11. The molecule has 4 rings (SSSR count). The Kier molecular flexibility index (Phi) is 5.42. The van der Waals surface area contributed by atoms with Gasteiger partial charge in [0.1, 0.15) is 5.82 Å². The van der Waals surface area contributed by atoms with E-state index in [1.807, 2.05) is 31.1 Å². The first-order chi connectivity index (χ1) is 12.8. The first kappa shape index (κ1) is 17.4. The van der Waals surface area contributed by atoms with Gasteiger partial charge in [0, 0.05) is 35.3 Å². The third kappa shape index (κ3) is 3.87. The Labute approximate surface area is 159 Å². The summed E-state index contributed by atoms with van der Waals surface area (Å²) in [6.07, 6.45) is 7.69. The highest BCUT2D eigenvalue weighted by Crippen LogP contribution is 2.35. The van der Waals surface area contributed by atoms with Crippen LogP contribution in [-0.2, 0) is 10.5 Å². The van der Waals surface area contributed by atoms with Crippen molar-refractivity contribution in [2.75, 3.05) is 6.61 Å². The maximum Gasteiger partial charge on any atom is 0.110 e. The maximum atomic E-state index is 6.00. The molecule has 1 aliphatic heterocycles. The summed E-state index contributed by atoms with van der Waals surface area (Å²) in [4.78, 5) is 5.63. The third-order valence-electron chi connectivity index (χ3n) is 4.88. The summed E-state index contributed by atoms with van der Waals surface area (Å²) in [5, 5.41) is 0. The molecule has 0 radical (unpaired) electrons. The van der Waals surface area contributed by atoms with Crippen molar-refractivity contribution in [3.05, 3.63) is 77.9 Å². The summed E-state index contributed by atoms with van der Waals surface area (Å²) in [7, 11) is 0. The van der Waals surface area contributed by atoms with E-state index >= 15 is 0 Å². The lowest BCUT2D eigenvalue weighted by atomic mass is 10.0. The number of thioether (sulfide) groups is 1. The average Bonchev–Trinajstić information content (AvgIpc) is 3.14. The molecule has 26 heavy (non-hydrogen) atoms. The lowest BCUT2D eigenvalue weighted by molar-refractivity contribution is 0.0134. The Hall–Kier alpha value is -2.04. The largest absolute Gasteiger partial charge is 0.373 e. The molecule has 3 aromatic rings. The lowest BCUT2D eigenvalue weighted by Gasteiger charge is -2.24. The van der Waals surface area contributed by atoms with Gasteiger partial charge in [-0.2, -0.15) is 0 Å². The van der Waals surface area contributed by atoms with Crippen LogP contribution in [0.5, 0.6) is 0 Å². The predicted molar refractivity (Wildman–Crippen MR) is 107 cm³/mol. The van der Waals surface area contributed by atoms with Crippen molar-refractivity contribution >= 4 is 11.8 Å². The van der Waals surface area contributed by atoms with E-state index in [9.17, 15) is 0 Å². The topological polar surface area (TPSA) is 27.1 Å². The predicted octanol–water partition coefficient (Wildman–Crippen LogP) is 5.71. The Balaban J connectivity index is 1.45. The SMILES string of the molecule is Cc1nccn1-c1ccc(CSc2ccccc2C2CCCCO2)cc1. The van der Waals surface area contributed by atoms with Crippen LogP contribution in [0.1, 0.15) is 42.3 Å². The van der Waals surface area contributed by atoms with Crippen LogP contribution in [0.4, 0.5) is 0 Å². The van der Waals surface area contributed by atoms with Crippen LogP contribution in [0, 0.1) is 6.92 Å². The number of aromatic nitrogens is 2. The highest BCUT2D eigenvalue weighted by atomic mass is 32.2. The van der Waals surface area contributed by atoms with Crippen LogP contribution in [-0.4, -0.2) is 16.2 Å². The van der Waals surface area contributed by atoms with Crippen LogP contribution < -0.4 is 0 Å². The number of ether oxygens (including phenoxy) is 1. The van der Waals surface area contributed by atoms with E-state index in [0.29, 0.717) is 0 Å². The quantitative estimate of drug-likeness (QED) is 0.542. The van der Waals surface area contributed by atoms with Gasteiger partial charge >= 0.3 is 0 Å². The van der Waals surface area contributed by atoms with E-state index in [4.69, 9.17) is 4.74 Å². The molecule has 0 saturated carbocycles. The number of rotatable bonds is 5. The fourth-order valence-electron chi connectivity index (χ4n) is 3.43. The molecule has 2 heterocycles. The zero-order valence-corrected chi connectivity index (χ0v) is 15.9. The van der Waals surface area contributed by atoms with Crippen molar-refractivity contribution < 1.29 is 4.74 Å². The maximum absolute atomic E-state index is 6.00. The molecular formula is C22H24N2OS. The highest BCUT2D eigenvalue weighted by molar-refractivity contribution is 7.98. The smallest absolute Gasteiger partial charge is 0.110 e. The molecule has 1 aliphatic rings. The van der Waals surface area contributed by atoms with Gasteiger partial charge in [0.05, 0.1) is 6.10 Å². The van der Waals surface area contributed by atoms with E-state index in [1.54, 1.807) is 0 Å². The normalized spacial score (nSPS) is 17.3. The second kappa shape index (κ2) is 8.11. The Morgan fingerprint density at radius 1 is 1.12 bits per heavy atom. The van der Waals surface area contributed by atoms with Crippen molar-refractivity contribution in [1.29, 1.82) is 0 Å². The molecule has 1 saturated heterocycles. The molecule has 2 aromatic carbocycles. The number of benzene rings is 2. The number of nitrogens with zero attached hydrogens (tertiary/aromatic N) is 2. The zero-order chi connectivity index (χ0) is 17.8.